The Labute approximate surface area is 160 Å². The van der Waals surface area contributed by atoms with Crippen LogP contribution < -0.4 is 0 Å². The van der Waals surface area contributed by atoms with Gasteiger partial charge in [-0.3, -0.25) is 0 Å². The van der Waals surface area contributed by atoms with Gasteiger partial charge in [-0.2, -0.15) is 0 Å². The van der Waals surface area contributed by atoms with Crippen LogP contribution in [-0.2, 0) is 6.54 Å². The summed E-state index contributed by atoms with van der Waals surface area (Å²) in [7, 11) is 0. The van der Waals surface area contributed by atoms with E-state index in [1.165, 1.54) is 12.1 Å². The first kappa shape index (κ1) is 16.4. The van der Waals surface area contributed by atoms with Gasteiger partial charge in [0, 0.05) is 5.56 Å². The second kappa shape index (κ2) is 6.74. The Morgan fingerprint density at radius 3 is 2.54 bits per heavy atom. The molecule has 28 heavy (non-hydrogen) atoms. The summed E-state index contributed by atoms with van der Waals surface area (Å²) in [6.45, 7) is 0.485. The van der Waals surface area contributed by atoms with Gasteiger partial charge in [0.2, 0.25) is 0 Å². The molecule has 0 unspecified atom stereocenters. The largest absolute Gasteiger partial charge is 0.318 e. The number of fused-ring (bicyclic) bond motifs is 1. The highest BCUT2D eigenvalue weighted by Gasteiger charge is 2.15. The molecule has 0 saturated heterocycles. The number of rotatable bonds is 4. The molecule has 0 N–H and O–H groups in total. The standard InChI is InChI=1S/C22H16FN5/c23-17-8-6-7-16(13-17)22-24-20-11-4-5-12-21(20)27(22)14-18-15-28(26-25-18)19-9-2-1-3-10-19/h1-13,15H,14H2. The lowest BCUT2D eigenvalue weighted by molar-refractivity contribution is 0.628. The van der Waals surface area contributed by atoms with E-state index in [2.05, 4.69) is 10.3 Å². The maximum absolute atomic E-state index is 13.8. The minimum absolute atomic E-state index is 0.286. The average molecular weight is 369 g/mol. The molecule has 0 saturated carbocycles. The molecule has 0 bridgehead atoms. The van der Waals surface area contributed by atoms with Crippen molar-refractivity contribution in [1.82, 2.24) is 24.5 Å². The third kappa shape index (κ3) is 2.95. The van der Waals surface area contributed by atoms with Crippen molar-refractivity contribution in [2.24, 2.45) is 0 Å². The van der Waals surface area contributed by atoms with E-state index >= 15 is 0 Å². The Bertz CT molecular complexity index is 1260. The number of benzene rings is 3. The molecular weight excluding hydrogens is 353 g/mol. The predicted octanol–water partition coefficient (Wildman–Crippen LogP) is 4.47. The van der Waals surface area contributed by atoms with Crippen molar-refractivity contribution >= 4 is 11.0 Å². The van der Waals surface area contributed by atoms with Crippen molar-refractivity contribution < 1.29 is 4.39 Å². The summed E-state index contributed by atoms with van der Waals surface area (Å²) in [5, 5.41) is 8.55. The third-order valence-corrected chi connectivity index (χ3v) is 4.62. The Morgan fingerprint density at radius 2 is 1.68 bits per heavy atom. The van der Waals surface area contributed by atoms with Crippen LogP contribution in [0.5, 0.6) is 0 Å². The lowest BCUT2D eigenvalue weighted by atomic mass is 10.2. The van der Waals surface area contributed by atoms with Crippen LogP contribution >= 0.6 is 0 Å². The SMILES string of the molecule is Fc1cccc(-c2nc3ccccc3n2Cc2cn(-c3ccccc3)nn2)c1. The van der Waals surface area contributed by atoms with Crippen molar-refractivity contribution in [2.75, 3.05) is 0 Å². The van der Waals surface area contributed by atoms with Crippen LogP contribution in [0.15, 0.2) is 85.1 Å². The van der Waals surface area contributed by atoms with E-state index in [0.717, 1.165) is 28.0 Å². The first-order chi connectivity index (χ1) is 13.8. The van der Waals surface area contributed by atoms with Gasteiger partial charge in [-0.15, -0.1) is 5.10 Å². The van der Waals surface area contributed by atoms with Gasteiger partial charge in [-0.1, -0.05) is 47.7 Å². The lowest BCUT2D eigenvalue weighted by Gasteiger charge is -2.07. The highest BCUT2D eigenvalue weighted by atomic mass is 19.1. The molecule has 2 aromatic heterocycles. The fourth-order valence-corrected chi connectivity index (χ4v) is 3.32. The van der Waals surface area contributed by atoms with Crippen LogP contribution in [-0.4, -0.2) is 24.5 Å². The van der Waals surface area contributed by atoms with Crippen LogP contribution in [0.1, 0.15) is 5.69 Å². The minimum Gasteiger partial charge on any atom is -0.318 e. The highest BCUT2D eigenvalue weighted by Crippen LogP contribution is 2.26. The molecule has 5 rings (SSSR count). The number of para-hydroxylation sites is 3. The molecular formula is C22H16FN5. The van der Waals surface area contributed by atoms with Crippen LogP contribution in [0, 0.1) is 5.82 Å². The third-order valence-electron chi connectivity index (χ3n) is 4.62. The molecule has 0 amide bonds. The van der Waals surface area contributed by atoms with Gasteiger partial charge in [0.1, 0.15) is 17.3 Å². The number of imidazole rings is 1. The zero-order chi connectivity index (χ0) is 18.9. The molecule has 0 radical (unpaired) electrons. The molecule has 0 aliphatic carbocycles. The monoisotopic (exact) mass is 369 g/mol. The summed E-state index contributed by atoms with van der Waals surface area (Å²) >= 11 is 0. The first-order valence-electron chi connectivity index (χ1n) is 8.96. The van der Waals surface area contributed by atoms with Crippen LogP contribution in [0.4, 0.5) is 4.39 Å². The molecule has 0 aliphatic rings. The van der Waals surface area contributed by atoms with E-state index in [0.29, 0.717) is 12.4 Å². The topological polar surface area (TPSA) is 48.5 Å². The zero-order valence-electron chi connectivity index (χ0n) is 14.9. The van der Waals surface area contributed by atoms with Crippen molar-refractivity contribution in [3.05, 3.63) is 96.6 Å². The van der Waals surface area contributed by atoms with Gasteiger partial charge in [0.05, 0.1) is 29.5 Å². The number of halogens is 1. The van der Waals surface area contributed by atoms with Crippen molar-refractivity contribution in [3.63, 3.8) is 0 Å². The Hall–Kier alpha value is -3.80. The van der Waals surface area contributed by atoms with Gasteiger partial charge in [0.15, 0.2) is 0 Å². The van der Waals surface area contributed by atoms with Gasteiger partial charge >= 0.3 is 0 Å². The molecule has 136 valence electrons. The van der Waals surface area contributed by atoms with Crippen molar-refractivity contribution in [3.8, 4) is 17.1 Å². The van der Waals surface area contributed by atoms with Gasteiger partial charge in [-0.05, 0) is 36.4 Å². The lowest BCUT2D eigenvalue weighted by Crippen LogP contribution is -2.03. The Balaban J connectivity index is 1.59. The predicted molar refractivity (Wildman–Crippen MR) is 106 cm³/mol. The number of hydrogen-bond donors (Lipinski definition) is 0. The minimum atomic E-state index is -0.286. The smallest absolute Gasteiger partial charge is 0.141 e. The van der Waals surface area contributed by atoms with Gasteiger partial charge < -0.3 is 4.57 Å². The molecule has 5 aromatic rings. The molecule has 2 heterocycles. The van der Waals surface area contributed by atoms with Crippen LogP contribution in [0.2, 0.25) is 0 Å². The fourth-order valence-electron chi connectivity index (χ4n) is 3.32. The summed E-state index contributed by atoms with van der Waals surface area (Å²) < 4.78 is 17.6. The quantitative estimate of drug-likeness (QED) is 0.470. The molecule has 5 nitrogen and oxygen atoms in total. The van der Waals surface area contributed by atoms with Crippen LogP contribution in [0.25, 0.3) is 28.1 Å². The molecule has 6 heteroatoms. The molecule has 0 atom stereocenters. The zero-order valence-corrected chi connectivity index (χ0v) is 14.9. The van der Waals surface area contributed by atoms with E-state index in [1.54, 1.807) is 10.7 Å². The summed E-state index contributed by atoms with van der Waals surface area (Å²) in [4.78, 5) is 4.73. The maximum atomic E-state index is 13.8. The fraction of sp³-hybridized carbons (Fsp3) is 0.0455. The Morgan fingerprint density at radius 1 is 0.857 bits per heavy atom. The second-order valence-corrected chi connectivity index (χ2v) is 6.51. The molecule has 0 spiro atoms. The van der Waals surface area contributed by atoms with Gasteiger partial charge in [-0.25, -0.2) is 14.1 Å². The molecule has 3 aromatic carbocycles. The summed E-state index contributed by atoms with van der Waals surface area (Å²) in [6, 6.07) is 24.2. The van der Waals surface area contributed by atoms with E-state index in [-0.39, 0.29) is 5.82 Å². The number of nitrogens with zero attached hydrogens (tertiary/aromatic N) is 5. The van der Waals surface area contributed by atoms with E-state index in [9.17, 15) is 4.39 Å². The average Bonchev–Trinajstić information content (AvgIpc) is 3.34. The van der Waals surface area contributed by atoms with E-state index in [4.69, 9.17) is 4.98 Å². The summed E-state index contributed by atoms with van der Waals surface area (Å²) in [5.74, 6) is 0.418. The Kier molecular flexibility index (Phi) is 3.94. The van der Waals surface area contributed by atoms with Gasteiger partial charge in [0.25, 0.3) is 0 Å². The van der Waals surface area contributed by atoms with Crippen LogP contribution in [0.3, 0.4) is 0 Å². The number of hydrogen-bond acceptors (Lipinski definition) is 3. The van der Waals surface area contributed by atoms with E-state index in [1.807, 2.05) is 71.4 Å². The first-order valence-corrected chi connectivity index (χ1v) is 8.96. The maximum Gasteiger partial charge on any atom is 0.141 e. The highest BCUT2D eigenvalue weighted by molar-refractivity contribution is 5.80. The summed E-state index contributed by atoms with van der Waals surface area (Å²) in [5.41, 5.74) is 4.30. The normalized spacial score (nSPS) is 11.2. The summed E-state index contributed by atoms with van der Waals surface area (Å²) in [6.07, 6.45) is 1.90. The van der Waals surface area contributed by atoms with E-state index < -0.39 is 0 Å². The van der Waals surface area contributed by atoms with Crippen molar-refractivity contribution in [2.45, 2.75) is 6.54 Å². The number of aromatic nitrogens is 5. The molecule has 0 fully saturated rings. The second-order valence-electron chi connectivity index (χ2n) is 6.51. The van der Waals surface area contributed by atoms with Crippen molar-refractivity contribution in [1.29, 1.82) is 0 Å². The molecule has 0 aliphatic heterocycles.